The van der Waals surface area contributed by atoms with Crippen LogP contribution >= 0.6 is 0 Å². The fourth-order valence-corrected chi connectivity index (χ4v) is 4.42. The van der Waals surface area contributed by atoms with Crippen LogP contribution in [0.25, 0.3) is 10.9 Å². The van der Waals surface area contributed by atoms with Gasteiger partial charge in [-0.05, 0) is 79.0 Å². The highest BCUT2D eigenvalue weighted by Gasteiger charge is 2.17. The number of rotatable bonds is 13. The number of methoxy groups -OCH3 is 1. The van der Waals surface area contributed by atoms with Gasteiger partial charge in [0.25, 0.3) is 0 Å². The van der Waals surface area contributed by atoms with Gasteiger partial charge in [-0.3, -0.25) is 4.98 Å². The molecule has 0 bridgehead atoms. The third-order valence-corrected chi connectivity index (χ3v) is 7.47. The van der Waals surface area contributed by atoms with Crippen molar-refractivity contribution >= 4 is 22.3 Å². The van der Waals surface area contributed by atoms with Gasteiger partial charge in [0.05, 0.1) is 12.6 Å². The number of nitrogens with zero attached hydrogens (tertiary/aromatic N) is 2. The highest BCUT2D eigenvalue weighted by atomic mass is 16.5. The van der Waals surface area contributed by atoms with Gasteiger partial charge in [0, 0.05) is 35.6 Å². The monoisotopic (exact) mass is 527 g/mol. The molecule has 4 aromatic rings. The first-order valence-electron chi connectivity index (χ1n) is 13.8. The molecule has 0 radical (unpaired) electrons. The molecule has 6 nitrogen and oxygen atoms in total. The van der Waals surface area contributed by atoms with Crippen molar-refractivity contribution in [2.24, 2.45) is 0 Å². The molecule has 39 heavy (non-hydrogen) atoms. The van der Waals surface area contributed by atoms with Crippen LogP contribution in [0, 0.1) is 0 Å². The molecule has 0 amide bonds. The second-order valence-electron chi connectivity index (χ2n) is 10.3. The van der Waals surface area contributed by atoms with Crippen LogP contribution in [0.3, 0.4) is 0 Å². The van der Waals surface area contributed by atoms with E-state index in [1.807, 2.05) is 42.5 Å². The molecule has 0 spiro atoms. The van der Waals surface area contributed by atoms with Gasteiger partial charge in [0.1, 0.15) is 18.1 Å². The van der Waals surface area contributed by atoms with Crippen molar-refractivity contribution in [1.82, 2.24) is 9.88 Å². The van der Waals surface area contributed by atoms with Crippen molar-refractivity contribution in [3.8, 4) is 23.0 Å². The molecule has 1 aromatic heterocycles. The second-order valence-corrected chi connectivity index (χ2v) is 10.3. The molecule has 0 saturated carbocycles. The fraction of sp³-hybridized carbons (Fsp3) is 0.364. The predicted molar refractivity (Wildman–Crippen MR) is 161 cm³/mol. The molecule has 0 aliphatic carbocycles. The number of hydrogen-bond acceptors (Lipinski definition) is 6. The quantitative estimate of drug-likeness (QED) is 0.189. The van der Waals surface area contributed by atoms with Gasteiger partial charge in [0.15, 0.2) is 11.5 Å². The van der Waals surface area contributed by atoms with Crippen molar-refractivity contribution in [1.29, 1.82) is 0 Å². The van der Waals surface area contributed by atoms with E-state index in [1.54, 1.807) is 13.3 Å². The van der Waals surface area contributed by atoms with Crippen LogP contribution in [-0.4, -0.2) is 43.2 Å². The Bertz CT molecular complexity index is 1350. The lowest BCUT2D eigenvalue weighted by molar-refractivity contribution is 0.217. The number of ether oxygens (including phenoxy) is 3. The van der Waals surface area contributed by atoms with E-state index in [0.717, 1.165) is 54.1 Å². The molecule has 0 fully saturated rings. The zero-order chi connectivity index (χ0) is 27.8. The average Bonchev–Trinajstić information content (AvgIpc) is 2.96. The molecular weight excluding hydrogens is 486 g/mol. The lowest BCUT2D eigenvalue weighted by Crippen LogP contribution is -2.27. The molecule has 0 aliphatic rings. The Labute approximate surface area is 232 Å². The van der Waals surface area contributed by atoms with E-state index < -0.39 is 0 Å². The molecule has 0 saturated heterocycles. The lowest BCUT2D eigenvalue weighted by Gasteiger charge is -2.23. The summed E-state index contributed by atoms with van der Waals surface area (Å²) in [6.45, 7) is 14.5. The minimum absolute atomic E-state index is 0.179. The number of fused-ring (bicyclic) bond motifs is 1. The lowest BCUT2D eigenvalue weighted by atomic mass is 9.82. The maximum Gasteiger partial charge on any atom is 0.163 e. The smallest absolute Gasteiger partial charge is 0.163 e. The molecule has 1 heterocycles. The van der Waals surface area contributed by atoms with Crippen molar-refractivity contribution in [3.63, 3.8) is 0 Å². The van der Waals surface area contributed by atoms with E-state index in [1.165, 1.54) is 5.56 Å². The molecule has 0 unspecified atom stereocenters. The Balaban J connectivity index is 1.46. The molecule has 206 valence electrons. The molecule has 0 aliphatic heterocycles. The summed E-state index contributed by atoms with van der Waals surface area (Å²) in [5.41, 5.74) is 4.37. The van der Waals surface area contributed by atoms with Gasteiger partial charge in [-0.25, -0.2) is 0 Å². The van der Waals surface area contributed by atoms with Gasteiger partial charge < -0.3 is 24.4 Å². The molecule has 4 rings (SSSR count). The number of benzene rings is 3. The minimum Gasteiger partial charge on any atom is -0.493 e. The number of hydrogen-bond donors (Lipinski definition) is 1. The summed E-state index contributed by atoms with van der Waals surface area (Å²) >= 11 is 0. The fourth-order valence-electron chi connectivity index (χ4n) is 4.42. The van der Waals surface area contributed by atoms with Gasteiger partial charge in [-0.15, -0.1) is 0 Å². The highest BCUT2D eigenvalue weighted by Crippen LogP contribution is 2.37. The predicted octanol–water partition coefficient (Wildman–Crippen LogP) is 8.19. The molecule has 1 N–H and O–H groups in total. The normalized spacial score (nSPS) is 11.6. The Morgan fingerprint density at radius 1 is 0.821 bits per heavy atom. The first-order valence-corrected chi connectivity index (χ1v) is 13.8. The number of likely N-dealkylation sites (N-methyl/N-ethyl adjacent to an activating group) is 1. The molecule has 0 atom stereocenters. The van der Waals surface area contributed by atoms with Crippen LogP contribution in [0.15, 0.2) is 72.9 Å². The Morgan fingerprint density at radius 2 is 1.49 bits per heavy atom. The van der Waals surface area contributed by atoms with Crippen molar-refractivity contribution in [3.05, 3.63) is 78.5 Å². The Hall–Kier alpha value is -3.77. The zero-order valence-electron chi connectivity index (χ0n) is 24.1. The van der Waals surface area contributed by atoms with Gasteiger partial charge >= 0.3 is 0 Å². The second kappa shape index (κ2) is 12.9. The van der Waals surface area contributed by atoms with Crippen molar-refractivity contribution < 1.29 is 14.2 Å². The van der Waals surface area contributed by atoms with Crippen molar-refractivity contribution in [2.45, 2.75) is 46.5 Å². The third-order valence-electron chi connectivity index (χ3n) is 7.47. The van der Waals surface area contributed by atoms with Crippen LogP contribution in [0.5, 0.6) is 23.0 Å². The largest absolute Gasteiger partial charge is 0.493 e. The standard InChI is InChI=1S/C33H41N3O3/c1-7-33(4,5)24-10-12-25(13-11-24)35-26-14-16-27(17-15-26)39-30-18-19-34-29-23-32(31(37-6)22-28(29)30)38-21-20-36(8-2)9-3/h10-19,22-23,35H,7-9,20-21H2,1-6H3. The van der Waals surface area contributed by atoms with E-state index in [2.05, 4.69) is 74.1 Å². The summed E-state index contributed by atoms with van der Waals surface area (Å²) in [5.74, 6) is 2.80. The van der Waals surface area contributed by atoms with E-state index >= 15 is 0 Å². The van der Waals surface area contributed by atoms with Gasteiger partial charge in [-0.1, -0.05) is 46.8 Å². The maximum atomic E-state index is 6.27. The topological polar surface area (TPSA) is 55.9 Å². The summed E-state index contributed by atoms with van der Waals surface area (Å²) in [4.78, 5) is 6.87. The average molecular weight is 528 g/mol. The highest BCUT2D eigenvalue weighted by molar-refractivity contribution is 5.88. The zero-order valence-corrected chi connectivity index (χ0v) is 24.1. The van der Waals surface area contributed by atoms with Crippen molar-refractivity contribution in [2.75, 3.05) is 38.7 Å². The first-order chi connectivity index (χ1) is 18.9. The van der Waals surface area contributed by atoms with E-state index in [-0.39, 0.29) is 5.41 Å². The maximum absolute atomic E-state index is 6.27. The van der Waals surface area contributed by atoms with Crippen LogP contribution in [-0.2, 0) is 5.41 Å². The summed E-state index contributed by atoms with van der Waals surface area (Å²) in [5, 5.41) is 4.34. The van der Waals surface area contributed by atoms with Gasteiger partial charge in [-0.2, -0.15) is 0 Å². The first kappa shape index (κ1) is 28.2. The minimum atomic E-state index is 0.179. The number of pyridine rings is 1. The van der Waals surface area contributed by atoms with Crippen LogP contribution in [0.2, 0.25) is 0 Å². The van der Waals surface area contributed by atoms with E-state index in [4.69, 9.17) is 14.2 Å². The summed E-state index contributed by atoms with van der Waals surface area (Å²) < 4.78 is 18.0. The summed E-state index contributed by atoms with van der Waals surface area (Å²) in [6.07, 6.45) is 2.86. The molecule has 6 heteroatoms. The third kappa shape index (κ3) is 7.01. The number of nitrogens with one attached hydrogen (secondary N) is 1. The van der Waals surface area contributed by atoms with Crippen LogP contribution < -0.4 is 19.5 Å². The van der Waals surface area contributed by atoms with Crippen LogP contribution in [0.1, 0.15) is 46.6 Å². The summed E-state index contributed by atoms with van der Waals surface area (Å²) in [6, 6.07) is 22.4. The Kier molecular flexibility index (Phi) is 9.31. The SMILES string of the molecule is CCN(CC)CCOc1cc2nccc(Oc3ccc(Nc4ccc(C(C)(C)CC)cc4)cc3)c2cc1OC. The number of anilines is 2. The van der Waals surface area contributed by atoms with Gasteiger partial charge in [0.2, 0.25) is 0 Å². The van der Waals surface area contributed by atoms with E-state index in [0.29, 0.717) is 23.9 Å². The number of aromatic nitrogens is 1. The summed E-state index contributed by atoms with van der Waals surface area (Å²) in [7, 11) is 1.65. The Morgan fingerprint density at radius 3 is 2.10 bits per heavy atom. The van der Waals surface area contributed by atoms with Crippen LogP contribution in [0.4, 0.5) is 11.4 Å². The molecular formula is C33H41N3O3. The molecule has 3 aromatic carbocycles. The van der Waals surface area contributed by atoms with E-state index in [9.17, 15) is 0 Å².